The lowest BCUT2D eigenvalue weighted by Crippen LogP contribution is -2.25. The minimum absolute atomic E-state index is 0.224. The van der Waals surface area contributed by atoms with Gasteiger partial charge >= 0.3 is 5.97 Å². The van der Waals surface area contributed by atoms with Crippen molar-refractivity contribution in [2.45, 2.75) is 39.2 Å². The molecule has 0 amide bonds. The van der Waals surface area contributed by atoms with Crippen LogP contribution >= 0.6 is 0 Å². The van der Waals surface area contributed by atoms with E-state index in [1.165, 1.54) is 0 Å². The molecule has 96 valence electrons. The summed E-state index contributed by atoms with van der Waals surface area (Å²) in [7, 11) is 0. The molecule has 0 saturated carbocycles. The first-order valence-corrected chi connectivity index (χ1v) is 6.38. The average molecular weight is 245 g/mol. The van der Waals surface area contributed by atoms with Crippen LogP contribution in [0.3, 0.4) is 0 Å². The molecule has 0 fully saturated rings. The molecule has 0 spiro atoms. The second-order valence-corrected chi connectivity index (χ2v) is 4.24. The van der Waals surface area contributed by atoms with Gasteiger partial charge in [-0.25, -0.2) is 4.79 Å². The third-order valence-electron chi connectivity index (χ3n) is 2.90. The molecule has 0 heterocycles. The Bertz CT molecular complexity index is 408. The largest absolute Gasteiger partial charge is 0.457 e. The third-order valence-corrected chi connectivity index (χ3v) is 2.90. The van der Waals surface area contributed by atoms with Gasteiger partial charge in [0.15, 0.2) is 0 Å². The Morgan fingerprint density at radius 3 is 2.50 bits per heavy atom. The van der Waals surface area contributed by atoms with Crippen LogP contribution in [0.15, 0.2) is 30.3 Å². The van der Waals surface area contributed by atoms with E-state index in [1.54, 1.807) is 24.3 Å². The van der Waals surface area contributed by atoms with Crippen molar-refractivity contribution in [3.63, 3.8) is 0 Å². The van der Waals surface area contributed by atoms with Gasteiger partial charge in [-0.2, -0.15) is 5.26 Å². The molecule has 1 rings (SSSR count). The summed E-state index contributed by atoms with van der Waals surface area (Å²) in [5.41, 5.74) is 0.534. The zero-order chi connectivity index (χ0) is 13.4. The summed E-state index contributed by atoms with van der Waals surface area (Å²) in [6, 6.07) is 11.1. The standard InChI is InChI=1S/C15H19NO2/c1-3-8-14(12(4-2)11-16)18-15(17)13-9-6-5-7-10-13/h5-7,9-10,12,14H,3-4,8H2,1-2H3. The molecule has 3 nitrogen and oxygen atoms in total. The maximum Gasteiger partial charge on any atom is 0.338 e. The fourth-order valence-electron chi connectivity index (χ4n) is 1.84. The van der Waals surface area contributed by atoms with E-state index in [-0.39, 0.29) is 18.0 Å². The summed E-state index contributed by atoms with van der Waals surface area (Å²) in [4.78, 5) is 11.9. The molecule has 0 aromatic heterocycles. The second kappa shape index (κ2) is 7.50. The minimum atomic E-state index is -0.345. The molecule has 0 radical (unpaired) electrons. The Balaban J connectivity index is 2.72. The summed E-state index contributed by atoms with van der Waals surface area (Å²) < 4.78 is 5.46. The van der Waals surface area contributed by atoms with Crippen molar-refractivity contribution in [3.05, 3.63) is 35.9 Å². The van der Waals surface area contributed by atoms with Gasteiger partial charge in [0.05, 0.1) is 17.6 Å². The number of hydrogen-bond donors (Lipinski definition) is 0. The molecule has 1 aromatic rings. The highest BCUT2D eigenvalue weighted by molar-refractivity contribution is 5.89. The molecule has 0 saturated heterocycles. The molecule has 0 aliphatic carbocycles. The SMILES string of the molecule is CCCC(OC(=O)c1ccccc1)C(C#N)CC. The van der Waals surface area contributed by atoms with E-state index in [1.807, 2.05) is 19.9 Å². The number of rotatable bonds is 6. The van der Waals surface area contributed by atoms with Crippen molar-refractivity contribution in [3.8, 4) is 6.07 Å². The predicted molar refractivity (Wildman–Crippen MR) is 69.9 cm³/mol. The molecule has 0 aliphatic heterocycles. The molecular weight excluding hydrogens is 226 g/mol. The van der Waals surface area contributed by atoms with Gasteiger partial charge in [0, 0.05) is 0 Å². The molecular formula is C15H19NO2. The Kier molecular flexibility index (Phi) is 5.93. The Labute approximate surface area is 108 Å². The molecule has 0 N–H and O–H groups in total. The molecule has 1 aromatic carbocycles. The van der Waals surface area contributed by atoms with Crippen LogP contribution in [0.5, 0.6) is 0 Å². The maximum absolute atomic E-state index is 11.9. The first-order chi connectivity index (χ1) is 8.72. The zero-order valence-electron chi connectivity index (χ0n) is 10.9. The van der Waals surface area contributed by atoms with Crippen LogP contribution in [-0.4, -0.2) is 12.1 Å². The predicted octanol–water partition coefficient (Wildman–Crippen LogP) is 3.56. The van der Waals surface area contributed by atoms with Crippen molar-refractivity contribution < 1.29 is 9.53 Å². The Morgan fingerprint density at radius 2 is 2.00 bits per heavy atom. The fraction of sp³-hybridized carbons (Fsp3) is 0.467. The van der Waals surface area contributed by atoms with E-state index in [0.29, 0.717) is 12.0 Å². The monoisotopic (exact) mass is 245 g/mol. The molecule has 18 heavy (non-hydrogen) atoms. The van der Waals surface area contributed by atoms with Crippen molar-refractivity contribution in [1.82, 2.24) is 0 Å². The summed E-state index contributed by atoms with van der Waals surface area (Å²) in [6.07, 6.45) is 2.01. The van der Waals surface area contributed by atoms with Gasteiger partial charge in [-0.05, 0) is 25.0 Å². The first kappa shape index (κ1) is 14.2. The maximum atomic E-state index is 11.9. The highest BCUT2D eigenvalue weighted by Crippen LogP contribution is 2.18. The van der Waals surface area contributed by atoms with Crippen LogP contribution in [0, 0.1) is 17.2 Å². The lowest BCUT2D eigenvalue weighted by Gasteiger charge is -2.20. The summed E-state index contributed by atoms with van der Waals surface area (Å²) >= 11 is 0. The quantitative estimate of drug-likeness (QED) is 0.720. The molecule has 0 bridgehead atoms. The Morgan fingerprint density at radius 1 is 1.33 bits per heavy atom. The molecule has 2 unspecified atom stereocenters. The van der Waals surface area contributed by atoms with Gasteiger partial charge in [0.2, 0.25) is 0 Å². The van der Waals surface area contributed by atoms with Crippen LogP contribution in [0.25, 0.3) is 0 Å². The van der Waals surface area contributed by atoms with Gasteiger partial charge in [-0.1, -0.05) is 38.5 Å². The van der Waals surface area contributed by atoms with Crippen LogP contribution in [-0.2, 0) is 4.74 Å². The van der Waals surface area contributed by atoms with E-state index in [0.717, 1.165) is 12.8 Å². The van der Waals surface area contributed by atoms with Gasteiger partial charge in [-0.3, -0.25) is 0 Å². The summed E-state index contributed by atoms with van der Waals surface area (Å²) in [6.45, 7) is 3.96. The van der Waals surface area contributed by atoms with Gasteiger partial charge in [-0.15, -0.1) is 0 Å². The van der Waals surface area contributed by atoms with Crippen LogP contribution in [0.2, 0.25) is 0 Å². The second-order valence-electron chi connectivity index (χ2n) is 4.24. The van der Waals surface area contributed by atoms with E-state index in [2.05, 4.69) is 6.07 Å². The molecule has 2 atom stereocenters. The zero-order valence-corrected chi connectivity index (χ0v) is 10.9. The number of hydrogen-bond acceptors (Lipinski definition) is 3. The summed E-state index contributed by atoms with van der Waals surface area (Å²) in [5, 5.41) is 9.07. The number of carbonyl (C=O) groups is 1. The van der Waals surface area contributed by atoms with E-state index >= 15 is 0 Å². The number of esters is 1. The smallest absolute Gasteiger partial charge is 0.338 e. The first-order valence-electron chi connectivity index (χ1n) is 6.38. The minimum Gasteiger partial charge on any atom is -0.457 e. The normalized spacial score (nSPS) is 13.4. The highest BCUT2D eigenvalue weighted by atomic mass is 16.5. The molecule has 0 aliphatic rings. The van der Waals surface area contributed by atoms with E-state index in [9.17, 15) is 4.79 Å². The van der Waals surface area contributed by atoms with Crippen LogP contribution in [0.4, 0.5) is 0 Å². The molecule has 3 heteroatoms. The highest BCUT2D eigenvalue weighted by Gasteiger charge is 2.23. The number of nitrogens with zero attached hydrogens (tertiary/aromatic N) is 1. The lowest BCUT2D eigenvalue weighted by atomic mass is 9.97. The third kappa shape index (κ3) is 3.89. The Hall–Kier alpha value is -1.82. The van der Waals surface area contributed by atoms with Crippen LogP contribution in [0.1, 0.15) is 43.5 Å². The fourth-order valence-corrected chi connectivity index (χ4v) is 1.84. The van der Waals surface area contributed by atoms with Gasteiger partial charge in [0.25, 0.3) is 0 Å². The summed E-state index contributed by atoms with van der Waals surface area (Å²) in [5.74, 6) is -0.569. The van der Waals surface area contributed by atoms with Gasteiger partial charge in [0.1, 0.15) is 6.10 Å². The van der Waals surface area contributed by atoms with Crippen molar-refractivity contribution in [2.75, 3.05) is 0 Å². The van der Waals surface area contributed by atoms with Crippen molar-refractivity contribution >= 4 is 5.97 Å². The lowest BCUT2D eigenvalue weighted by molar-refractivity contribution is 0.0176. The number of carbonyl (C=O) groups excluding carboxylic acids is 1. The van der Waals surface area contributed by atoms with Gasteiger partial charge < -0.3 is 4.74 Å². The number of ether oxygens (including phenoxy) is 1. The van der Waals surface area contributed by atoms with E-state index < -0.39 is 0 Å². The van der Waals surface area contributed by atoms with Crippen LogP contribution < -0.4 is 0 Å². The number of nitriles is 1. The van der Waals surface area contributed by atoms with Crippen molar-refractivity contribution in [1.29, 1.82) is 5.26 Å². The average Bonchev–Trinajstić information content (AvgIpc) is 2.41. The topological polar surface area (TPSA) is 50.1 Å². The van der Waals surface area contributed by atoms with Crippen molar-refractivity contribution in [2.24, 2.45) is 5.92 Å². The van der Waals surface area contributed by atoms with E-state index in [4.69, 9.17) is 10.00 Å². The number of benzene rings is 1.